The Labute approximate surface area is 135 Å². The van der Waals surface area contributed by atoms with Gasteiger partial charge >= 0.3 is 12.1 Å². The van der Waals surface area contributed by atoms with Gasteiger partial charge in [0, 0.05) is 12.7 Å². The lowest BCUT2D eigenvalue weighted by molar-refractivity contribution is -0.139. The Bertz CT molecular complexity index is 690. The number of hydrogen-bond acceptors (Lipinski definition) is 5. The van der Waals surface area contributed by atoms with Crippen molar-refractivity contribution in [2.45, 2.75) is 43.7 Å². The van der Waals surface area contributed by atoms with Crippen LogP contribution in [0.15, 0.2) is 29.2 Å². The van der Waals surface area contributed by atoms with E-state index in [0.717, 1.165) is 6.26 Å². The summed E-state index contributed by atoms with van der Waals surface area (Å²) in [5.74, 6) is -1.28. The number of carboxylic acid groups (broad SMARTS) is 1. The number of carbonyl (C=O) groups excluding carboxylic acids is 1. The quantitative estimate of drug-likeness (QED) is 0.840. The van der Waals surface area contributed by atoms with Crippen molar-refractivity contribution < 1.29 is 27.9 Å². The normalized spacial score (nSPS) is 13.2. The summed E-state index contributed by atoms with van der Waals surface area (Å²) in [7, 11) is -3.50. The van der Waals surface area contributed by atoms with E-state index in [4.69, 9.17) is 4.74 Å². The lowest BCUT2D eigenvalue weighted by atomic mass is 10.1. The number of carboxylic acids is 1. The molecule has 23 heavy (non-hydrogen) atoms. The second kappa shape index (κ2) is 6.99. The highest BCUT2D eigenvalue weighted by molar-refractivity contribution is 7.90. The SMILES string of the molecule is CC(C)(C)OC(=O)NC(Cc1ccccc1S(C)(=O)=O)C(=O)O. The molecule has 0 aliphatic rings. The number of hydrogen-bond donors (Lipinski definition) is 2. The van der Waals surface area contributed by atoms with E-state index in [1.54, 1.807) is 32.9 Å². The van der Waals surface area contributed by atoms with E-state index in [-0.39, 0.29) is 11.3 Å². The van der Waals surface area contributed by atoms with Gasteiger partial charge in [-0.1, -0.05) is 18.2 Å². The fraction of sp³-hybridized carbons (Fsp3) is 0.467. The van der Waals surface area contributed by atoms with E-state index in [1.807, 2.05) is 0 Å². The van der Waals surface area contributed by atoms with Gasteiger partial charge in [-0.05, 0) is 32.4 Å². The largest absolute Gasteiger partial charge is 0.480 e. The summed E-state index contributed by atoms with van der Waals surface area (Å²) in [5.41, 5.74) is -0.448. The summed E-state index contributed by atoms with van der Waals surface area (Å²) < 4.78 is 28.5. The summed E-state index contributed by atoms with van der Waals surface area (Å²) in [4.78, 5) is 23.1. The highest BCUT2D eigenvalue weighted by Crippen LogP contribution is 2.17. The average Bonchev–Trinajstić information content (AvgIpc) is 2.34. The van der Waals surface area contributed by atoms with Crippen molar-refractivity contribution in [2.75, 3.05) is 6.26 Å². The molecule has 1 rings (SSSR count). The molecule has 7 nitrogen and oxygen atoms in total. The molecule has 0 spiro atoms. The van der Waals surface area contributed by atoms with E-state index in [1.165, 1.54) is 12.1 Å². The molecule has 0 fully saturated rings. The molecule has 1 unspecified atom stereocenters. The van der Waals surface area contributed by atoms with Crippen molar-refractivity contribution >= 4 is 21.9 Å². The Balaban J connectivity index is 2.99. The zero-order valence-corrected chi connectivity index (χ0v) is 14.3. The molecule has 0 aliphatic carbocycles. The van der Waals surface area contributed by atoms with Gasteiger partial charge in [-0.15, -0.1) is 0 Å². The molecule has 0 bridgehead atoms. The number of amides is 1. The molecule has 0 saturated heterocycles. The van der Waals surface area contributed by atoms with Crippen LogP contribution in [-0.2, 0) is 25.8 Å². The smallest absolute Gasteiger partial charge is 0.408 e. The van der Waals surface area contributed by atoms with Crippen LogP contribution in [0.2, 0.25) is 0 Å². The molecular formula is C15H21NO6S. The van der Waals surface area contributed by atoms with E-state index >= 15 is 0 Å². The number of aliphatic carboxylic acids is 1. The van der Waals surface area contributed by atoms with Crippen LogP contribution in [0, 0.1) is 0 Å². The third-order valence-electron chi connectivity index (χ3n) is 2.79. The molecule has 0 aromatic heterocycles. The van der Waals surface area contributed by atoms with Crippen LogP contribution in [0.5, 0.6) is 0 Å². The summed E-state index contributed by atoms with van der Waals surface area (Å²) >= 11 is 0. The van der Waals surface area contributed by atoms with Crippen LogP contribution in [0.25, 0.3) is 0 Å². The van der Waals surface area contributed by atoms with Crippen LogP contribution in [-0.4, -0.2) is 43.5 Å². The Morgan fingerprint density at radius 2 is 1.83 bits per heavy atom. The van der Waals surface area contributed by atoms with Gasteiger partial charge in [-0.25, -0.2) is 18.0 Å². The predicted octanol–water partition coefficient (Wildman–Crippen LogP) is 1.61. The maximum absolute atomic E-state index is 11.8. The van der Waals surface area contributed by atoms with Crippen molar-refractivity contribution in [3.63, 3.8) is 0 Å². The van der Waals surface area contributed by atoms with Crippen molar-refractivity contribution in [1.82, 2.24) is 5.32 Å². The van der Waals surface area contributed by atoms with Gasteiger partial charge < -0.3 is 15.2 Å². The Morgan fingerprint density at radius 3 is 2.30 bits per heavy atom. The van der Waals surface area contributed by atoms with E-state index in [2.05, 4.69) is 5.32 Å². The van der Waals surface area contributed by atoms with Crippen LogP contribution in [0.4, 0.5) is 4.79 Å². The van der Waals surface area contributed by atoms with Crippen molar-refractivity contribution in [2.24, 2.45) is 0 Å². The molecule has 2 N–H and O–H groups in total. The predicted molar refractivity (Wildman–Crippen MR) is 84.0 cm³/mol. The first-order chi connectivity index (χ1) is 10.4. The zero-order valence-electron chi connectivity index (χ0n) is 13.5. The number of carbonyl (C=O) groups is 2. The highest BCUT2D eigenvalue weighted by Gasteiger charge is 2.26. The summed E-state index contributed by atoms with van der Waals surface area (Å²) in [6.45, 7) is 4.96. The first-order valence-electron chi connectivity index (χ1n) is 6.90. The number of ether oxygens (including phenoxy) is 1. The molecule has 1 aromatic rings. The van der Waals surface area contributed by atoms with Crippen molar-refractivity contribution in [1.29, 1.82) is 0 Å². The minimum atomic E-state index is -3.50. The lowest BCUT2D eigenvalue weighted by Crippen LogP contribution is -2.44. The molecule has 0 aliphatic heterocycles. The Hall–Kier alpha value is -2.09. The number of nitrogens with one attached hydrogen (secondary N) is 1. The van der Waals surface area contributed by atoms with E-state index in [0.29, 0.717) is 5.56 Å². The number of sulfone groups is 1. The molecule has 1 aromatic carbocycles. The molecule has 0 saturated carbocycles. The summed E-state index contributed by atoms with van der Waals surface area (Å²) in [6, 6.07) is 4.78. The van der Waals surface area contributed by atoms with Gasteiger partial charge in [0.15, 0.2) is 9.84 Å². The molecule has 0 radical (unpaired) electrons. The maximum Gasteiger partial charge on any atom is 0.408 e. The van der Waals surface area contributed by atoms with Crippen molar-refractivity contribution in [3.05, 3.63) is 29.8 Å². The van der Waals surface area contributed by atoms with Gasteiger partial charge in [0.05, 0.1) is 4.90 Å². The number of benzene rings is 1. The van der Waals surface area contributed by atoms with Gasteiger partial charge in [-0.2, -0.15) is 0 Å². The molecule has 128 valence electrons. The first-order valence-corrected chi connectivity index (χ1v) is 8.79. The standard InChI is InChI=1S/C15H21NO6S/c1-15(2,3)22-14(19)16-11(13(17)18)9-10-7-5-6-8-12(10)23(4,20)21/h5-8,11H,9H2,1-4H3,(H,16,19)(H,17,18). The number of rotatable bonds is 5. The Morgan fingerprint density at radius 1 is 1.26 bits per heavy atom. The van der Waals surface area contributed by atoms with Gasteiger partial charge in [0.1, 0.15) is 11.6 Å². The van der Waals surface area contributed by atoms with Crippen LogP contribution < -0.4 is 5.32 Å². The Kier molecular flexibility index (Phi) is 5.76. The van der Waals surface area contributed by atoms with Gasteiger partial charge in [-0.3, -0.25) is 0 Å². The topological polar surface area (TPSA) is 110 Å². The fourth-order valence-electron chi connectivity index (χ4n) is 1.90. The van der Waals surface area contributed by atoms with Crippen molar-refractivity contribution in [3.8, 4) is 0 Å². The van der Waals surface area contributed by atoms with Gasteiger partial charge in [0.2, 0.25) is 0 Å². The summed E-state index contributed by atoms with van der Waals surface area (Å²) in [6.07, 6.45) is 0.00232. The second-order valence-corrected chi connectivity index (χ2v) is 8.11. The van der Waals surface area contributed by atoms with E-state index in [9.17, 15) is 23.1 Å². The molecule has 8 heteroatoms. The second-order valence-electron chi connectivity index (χ2n) is 6.12. The molecule has 1 atom stereocenters. The lowest BCUT2D eigenvalue weighted by Gasteiger charge is -2.22. The molecule has 0 heterocycles. The highest BCUT2D eigenvalue weighted by atomic mass is 32.2. The zero-order chi connectivity index (χ0) is 17.8. The van der Waals surface area contributed by atoms with Crippen LogP contribution >= 0.6 is 0 Å². The monoisotopic (exact) mass is 343 g/mol. The molecule has 1 amide bonds. The third-order valence-corrected chi connectivity index (χ3v) is 3.98. The minimum absolute atomic E-state index is 0.0391. The molecular weight excluding hydrogens is 322 g/mol. The first kappa shape index (κ1) is 19.0. The van der Waals surface area contributed by atoms with Gasteiger partial charge in [0.25, 0.3) is 0 Å². The van der Waals surface area contributed by atoms with Crippen LogP contribution in [0.3, 0.4) is 0 Å². The number of alkyl carbamates (subject to hydrolysis) is 1. The summed E-state index contributed by atoms with van der Waals surface area (Å²) in [5, 5.41) is 11.5. The van der Waals surface area contributed by atoms with Crippen LogP contribution in [0.1, 0.15) is 26.3 Å². The van der Waals surface area contributed by atoms with E-state index < -0.39 is 33.5 Å². The third kappa shape index (κ3) is 6.27. The minimum Gasteiger partial charge on any atom is -0.480 e. The maximum atomic E-state index is 11.8. The average molecular weight is 343 g/mol. The fourth-order valence-corrected chi connectivity index (χ4v) is 2.86.